The summed E-state index contributed by atoms with van der Waals surface area (Å²) in [6, 6.07) is 5.53. The Balaban J connectivity index is 2.13. The number of carbonyl (C=O) groups excluding carboxylic acids is 1. The van der Waals surface area contributed by atoms with Crippen LogP contribution in [0.4, 0.5) is 5.69 Å². The minimum atomic E-state index is -0.485. The van der Waals surface area contributed by atoms with Crippen LogP contribution in [-0.4, -0.2) is 10.9 Å². The average molecular weight is 305 g/mol. The summed E-state index contributed by atoms with van der Waals surface area (Å²) in [4.78, 5) is 21.7. The van der Waals surface area contributed by atoms with E-state index in [-0.39, 0.29) is 11.7 Å². The van der Waals surface area contributed by atoms with Gasteiger partial charge in [0.15, 0.2) is 0 Å². The third kappa shape index (κ3) is 7.57. The normalized spacial score (nSPS) is 10.2. The molecular formula is C17H23NO4. The van der Waals surface area contributed by atoms with Crippen molar-refractivity contribution in [1.29, 1.82) is 0 Å². The number of nitro groups is 1. The standard InChI is InChI=1S/C17H23NO4/c1-2-3-4-5-6-7-8-9-10-17(19)22-16-13-11-15(12-14-16)18(20)21/h2,11-14H,1,3-10H2. The van der Waals surface area contributed by atoms with Crippen LogP contribution < -0.4 is 4.74 Å². The molecule has 0 unspecified atom stereocenters. The van der Waals surface area contributed by atoms with Crippen LogP contribution in [0.15, 0.2) is 36.9 Å². The molecule has 5 heteroatoms. The fraction of sp³-hybridized carbons (Fsp3) is 0.471. The number of hydrogen-bond donors (Lipinski definition) is 0. The zero-order chi connectivity index (χ0) is 16.2. The Hall–Kier alpha value is -2.17. The molecule has 0 N–H and O–H groups in total. The molecule has 0 bridgehead atoms. The number of esters is 1. The third-order valence-electron chi connectivity index (χ3n) is 3.32. The van der Waals surface area contributed by atoms with Crippen molar-refractivity contribution in [2.75, 3.05) is 0 Å². The summed E-state index contributed by atoms with van der Waals surface area (Å²) in [7, 11) is 0. The van der Waals surface area contributed by atoms with Gasteiger partial charge in [-0.25, -0.2) is 0 Å². The van der Waals surface area contributed by atoms with Gasteiger partial charge in [-0.2, -0.15) is 0 Å². The number of allylic oxidation sites excluding steroid dienone is 1. The van der Waals surface area contributed by atoms with Crippen molar-refractivity contribution in [3.05, 3.63) is 47.0 Å². The second-order valence-electron chi connectivity index (χ2n) is 5.17. The van der Waals surface area contributed by atoms with Crippen LogP contribution in [-0.2, 0) is 4.79 Å². The maximum Gasteiger partial charge on any atom is 0.311 e. The van der Waals surface area contributed by atoms with Crippen molar-refractivity contribution in [3.8, 4) is 5.75 Å². The van der Waals surface area contributed by atoms with Crippen molar-refractivity contribution in [2.24, 2.45) is 0 Å². The van der Waals surface area contributed by atoms with Crippen molar-refractivity contribution < 1.29 is 14.5 Å². The van der Waals surface area contributed by atoms with Crippen LogP contribution in [0.25, 0.3) is 0 Å². The molecular weight excluding hydrogens is 282 g/mol. The molecule has 0 spiro atoms. The molecule has 0 saturated heterocycles. The van der Waals surface area contributed by atoms with E-state index < -0.39 is 4.92 Å². The molecule has 0 saturated carbocycles. The lowest BCUT2D eigenvalue weighted by Gasteiger charge is -2.04. The van der Waals surface area contributed by atoms with E-state index >= 15 is 0 Å². The van der Waals surface area contributed by atoms with E-state index in [9.17, 15) is 14.9 Å². The maximum atomic E-state index is 11.6. The first-order valence-electron chi connectivity index (χ1n) is 7.69. The molecule has 0 fully saturated rings. The van der Waals surface area contributed by atoms with E-state index in [0.29, 0.717) is 12.2 Å². The van der Waals surface area contributed by atoms with Gasteiger partial charge in [0.2, 0.25) is 0 Å². The second kappa shape index (κ2) is 10.5. The lowest BCUT2D eigenvalue weighted by Crippen LogP contribution is -2.07. The van der Waals surface area contributed by atoms with Gasteiger partial charge in [-0.3, -0.25) is 14.9 Å². The van der Waals surface area contributed by atoms with Gasteiger partial charge in [-0.15, -0.1) is 6.58 Å². The predicted octanol–water partition coefficient (Wildman–Crippen LogP) is 4.81. The number of carbonyl (C=O) groups is 1. The van der Waals surface area contributed by atoms with Crippen LogP contribution in [0.2, 0.25) is 0 Å². The SMILES string of the molecule is C=CCCCCCCCCC(=O)Oc1ccc([N+](=O)[O-])cc1. The summed E-state index contributed by atoms with van der Waals surface area (Å²) >= 11 is 0. The number of rotatable bonds is 11. The van der Waals surface area contributed by atoms with Gasteiger partial charge in [0.05, 0.1) is 4.92 Å². The Labute approximate surface area is 131 Å². The molecule has 1 aromatic carbocycles. The predicted molar refractivity (Wildman–Crippen MR) is 85.9 cm³/mol. The van der Waals surface area contributed by atoms with Crippen molar-refractivity contribution >= 4 is 11.7 Å². The first-order valence-corrected chi connectivity index (χ1v) is 7.69. The van der Waals surface area contributed by atoms with E-state index in [2.05, 4.69) is 6.58 Å². The fourth-order valence-electron chi connectivity index (χ4n) is 2.08. The topological polar surface area (TPSA) is 69.4 Å². The number of non-ortho nitro benzene ring substituents is 1. The number of nitro benzene ring substituents is 1. The van der Waals surface area contributed by atoms with E-state index in [0.717, 1.165) is 25.7 Å². The van der Waals surface area contributed by atoms with Crippen LogP contribution >= 0.6 is 0 Å². The smallest absolute Gasteiger partial charge is 0.311 e. The van der Waals surface area contributed by atoms with E-state index in [4.69, 9.17) is 4.74 Å². The van der Waals surface area contributed by atoms with Crippen LogP contribution in [0.5, 0.6) is 5.75 Å². The highest BCUT2D eigenvalue weighted by Gasteiger charge is 2.08. The van der Waals surface area contributed by atoms with Crippen LogP contribution in [0.1, 0.15) is 51.4 Å². The van der Waals surface area contributed by atoms with Crippen LogP contribution in [0, 0.1) is 10.1 Å². The highest BCUT2D eigenvalue weighted by Crippen LogP contribution is 2.18. The monoisotopic (exact) mass is 305 g/mol. The first-order chi connectivity index (χ1) is 10.6. The number of unbranched alkanes of at least 4 members (excludes halogenated alkanes) is 6. The molecule has 0 aromatic heterocycles. The number of nitrogens with zero attached hydrogens (tertiary/aromatic N) is 1. The summed E-state index contributed by atoms with van der Waals surface area (Å²) in [6.07, 6.45) is 9.92. The highest BCUT2D eigenvalue weighted by atomic mass is 16.6. The van der Waals surface area contributed by atoms with E-state index in [1.54, 1.807) is 0 Å². The first kappa shape index (κ1) is 17.9. The summed E-state index contributed by atoms with van der Waals surface area (Å²) < 4.78 is 5.14. The molecule has 0 amide bonds. The van der Waals surface area contributed by atoms with Gasteiger partial charge in [0, 0.05) is 18.6 Å². The fourth-order valence-corrected chi connectivity index (χ4v) is 2.08. The maximum absolute atomic E-state index is 11.6. The number of ether oxygens (including phenoxy) is 1. The second-order valence-corrected chi connectivity index (χ2v) is 5.17. The molecule has 0 heterocycles. The Bertz CT molecular complexity index is 482. The molecule has 0 aliphatic rings. The quantitative estimate of drug-likeness (QED) is 0.147. The van der Waals surface area contributed by atoms with Crippen molar-refractivity contribution in [1.82, 2.24) is 0 Å². The van der Waals surface area contributed by atoms with Gasteiger partial charge >= 0.3 is 5.97 Å². The minimum Gasteiger partial charge on any atom is -0.427 e. The Kier molecular flexibility index (Phi) is 8.57. The van der Waals surface area contributed by atoms with Gasteiger partial charge in [-0.05, 0) is 31.4 Å². The summed E-state index contributed by atoms with van der Waals surface area (Å²) in [6.45, 7) is 3.69. The van der Waals surface area contributed by atoms with E-state index in [1.165, 1.54) is 43.5 Å². The highest BCUT2D eigenvalue weighted by molar-refractivity contribution is 5.72. The summed E-state index contributed by atoms with van der Waals surface area (Å²) in [5.41, 5.74) is -0.0174. The van der Waals surface area contributed by atoms with Gasteiger partial charge in [0.1, 0.15) is 5.75 Å². The largest absolute Gasteiger partial charge is 0.427 e. The summed E-state index contributed by atoms with van der Waals surface area (Å²) in [5, 5.41) is 10.5. The minimum absolute atomic E-state index is 0.0174. The zero-order valence-electron chi connectivity index (χ0n) is 12.8. The lowest BCUT2D eigenvalue weighted by molar-refractivity contribution is -0.384. The molecule has 0 atom stereocenters. The molecule has 0 radical (unpaired) electrons. The van der Waals surface area contributed by atoms with Gasteiger partial charge < -0.3 is 4.74 Å². The van der Waals surface area contributed by atoms with Crippen LogP contribution in [0.3, 0.4) is 0 Å². The molecule has 22 heavy (non-hydrogen) atoms. The molecule has 0 aliphatic heterocycles. The Morgan fingerprint density at radius 2 is 1.68 bits per heavy atom. The van der Waals surface area contributed by atoms with Gasteiger partial charge in [-0.1, -0.05) is 31.8 Å². The Morgan fingerprint density at radius 3 is 2.27 bits per heavy atom. The van der Waals surface area contributed by atoms with E-state index in [1.807, 2.05) is 6.08 Å². The average Bonchev–Trinajstić information content (AvgIpc) is 2.50. The molecule has 0 aliphatic carbocycles. The van der Waals surface area contributed by atoms with Gasteiger partial charge in [0.25, 0.3) is 5.69 Å². The van der Waals surface area contributed by atoms with Crippen molar-refractivity contribution in [2.45, 2.75) is 51.4 Å². The number of benzene rings is 1. The molecule has 1 rings (SSSR count). The Morgan fingerprint density at radius 1 is 1.09 bits per heavy atom. The lowest BCUT2D eigenvalue weighted by atomic mass is 10.1. The number of hydrogen-bond acceptors (Lipinski definition) is 4. The molecule has 1 aromatic rings. The van der Waals surface area contributed by atoms with Crippen molar-refractivity contribution in [3.63, 3.8) is 0 Å². The third-order valence-corrected chi connectivity index (χ3v) is 3.32. The summed E-state index contributed by atoms with van der Waals surface area (Å²) in [5.74, 6) is 0.0561. The molecule has 120 valence electrons. The molecule has 5 nitrogen and oxygen atoms in total. The zero-order valence-corrected chi connectivity index (χ0v) is 12.8.